The maximum absolute atomic E-state index is 11.2. The van der Waals surface area contributed by atoms with Gasteiger partial charge >= 0.3 is 0 Å². The predicted octanol–water partition coefficient (Wildman–Crippen LogP) is 2.13. The molecule has 1 aromatic carbocycles. The highest BCUT2D eigenvalue weighted by atomic mass is 35.5. The van der Waals surface area contributed by atoms with Gasteiger partial charge in [-0.15, -0.1) is 10.2 Å². The average Bonchev–Trinajstić information content (AvgIpc) is 2.29. The monoisotopic (exact) mass is 250 g/mol. The molecule has 0 atom stereocenters. The summed E-state index contributed by atoms with van der Waals surface area (Å²) in [4.78, 5) is 15.1. The van der Waals surface area contributed by atoms with Crippen LogP contribution in [0.1, 0.15) is 0 Å². The third-order valence-corrected chi connectivity index (χ3v) is 2.15. The van der Waals surface area contributed by atoms with Crippen LogP contribution in [0.5, 0.6) is 5.75 Å². The quantitative estimate of drug-likeness (QED) is 0.748. The van der Waals surface area contributed by atoms with Gasteiger partial charge < -0.3 is 5.11 Å². The molecule has 0 radical (unpaired) electrons. The summed E-state index contributed by atoms with van der Waals surface area (Å²) in [6.45, 7) is 3.37. The SMILES string of the molecule is C=C1N=NC(=Nc2cc(Cl)ccc2O)NC1=O. The van der Waals surface area contributed by atoms with Crippen LogP contribution in [0.15, 0.2) is 45.7 Å². The van der Waals surface area contributed by atoms with Crippen LogP contribution in [0.2, 0.25) is 5.02 Å². The van der Waals surface area contributed by atoms with E-state index in [0.29, 0.717) is 5.02 Å². The number of hydrogen-bond acceptors (Lipinski definition) is 4. The Labute approximate surface area is 101 Å². The largest absolute Gasteiger partial charge is 0.506 e. The third kappa shape index (κ3) is 2.48. The number of phenolic OH excluding ortho intramolecular Hbond substituents is 1. The van der Waals surface area contributed by atoms with E-state index in [9.17, 15) is 9.90 Å². The lowest BCUT2D eigenvalue weighted by Gasteiger charge is -2.08. The molecule has 0 fully saturated rings. The van der Waals surface area contributed by atoms with Gasteiger partial charge in [0.25, 0.3) is 5.91 Å². The van der Waals surface area contributed by atoms with Crippen molar-refractivity contribution >= 4 is 29.2 Å². The normalized spacial score (nSPS) is 17.4. The number of azo groups is 1. The van der Waals surface area contributed by atoms with Gasteiger partial charge in [-0.1, -0.05) is 18.2 Å². The Hall–Kier alpha value is -2.21. The van der Waals surface area contributed by atoms with E-state index in [4.69, 9.17) is 11.6 Å². The van der Waals surface area contributed by atoms with Gasteiger partial charge in [0.05, 0.1) is 0 Å². The lowest BCUT2D eigenvalue weighted by molar-refractivity contribution is -0.116. The third-order valence-electron chi connectivity index (χ3n) is 1.92. The molecule has 17 heavy (non-hydrogen) atoms. The molecule has 7 heteroatoms. The number of halogens is 1. The summed E-state index contributed by atoms with van der Waals surface area (Å²) < 4.78 is 0. The van der Waals surface area contributed by atoms with Gasteiger partial charge in [-0.25, -0.2) is 4.99 Å². The molecule has 1 aromatic rings. The average molecular weight is 251 g/mol. The Kier molecular flexibility index (Phi) is 2.88. The van der Waals surface area contributed by atoms with Gasteiger partial charge in [-0.2, -0.15) is 0 Å². The minimum atomic E-state index is -0.486. The standard InChI is InChI=1S/C10H7ClN4O2/c1-5-9(17)13-10(15-14-5)12-7-4-6(11)2-3-8(7)16/h2-4,16H,1H2,(H,12,13,17). The Bertz CT molecular complexity index is 565. The van der Waals surface area contributed by atoms with Crippen LogP contribution in [0.4, 0.5) is 5.69 Å². The summed E-state index contributed by atoms with van der Waals surface area (Å²) in [5, 5.41) is 19.4. The van der Waals surface area contributed by atoms with Gasteiger partial charge in [-0.05, 0) is 18.2 Å². The van der Waals surface area contributed by atoms with E-state index in [1.54, 1.807) is 0 Å². The molecule has 0 unspecified atom stereocenters. The number of guanidine groups is 1. The zero-order chi connectivity index (χ0) is 12.4. The van der Waals surface area contributed by atoms with Crippen molar-refractivity contribution in [3.8, 4) is 5.75 Å². The second kappa shape index (κ2) is 4.34. The lowest BCUT2D eigenvalue weighted by atomic mass is 10.3. The predicted molar refractivity (Wildman–Crippen MR) is 62.4 cm³/mol. The second-order valence-corrected chi connectivity index (χ2v) is 3.61. The molecule has 1 aliphatic heterocycles. The van der Waals surface area contributed by atoms with Crippen LogP contribution < -0.4 is 5.32 Å². The number of aliphatic imine (C=N–C) groups is 1. The fraction of sp³-hybridized carbons (Fsp3) is 0. The van der Waals surface area contributed by atoms with E-state index < -0.39 is 5.91 Å². The highest BCUT2D eigenvalue weighted by molar-refractivity contribution is 6.30. The number of aromatic hydroxyl groups is 1. The van der Waals surface area contributed by atoms with Crippen LogP contribution in [-0.4, -0.2) is 17.0 Å². The number of hydrogen-bond donors (Lipinski definition) is 2. The van der Waals surface area contributed by atoms with Crippen molar-refractivity contribution in [1.82, 2.24) is 5.32 Å². The van der Waals surface area contributed by atoms with Crippen molar-refractivity contribution in [1.29, 1.82) is 0 Å². The first-order valence-corrected chi connectivity index (χ1v) is 4.93. The van der Waals surface area contributed by atoms with Crippen LogP contribution >= 0.6 is 11.6 Å². The first-order valence-electron chi connectivity index (χ1n) is 4.55. The highest BCUT2D eigenvalue weighted by Crippen LogP contribution is 2.29. The Balaban J connectivity index is 2.37. The number of phenols is 1. The number of nitrogens with zero attached hydrogens (tertiary/aromatic N) is 3. The maximum Gasteiger partial charge on any atom is 0.277 e. The fourth-order valence-electron chi connectivity index (χ4n) is 1.10. The van der Waals surface area contributed by atoms with Gasteiger partial charge in [0.15, 0.2) is 0 Å². The molecule has 6 nitrogen and oxygen atoms in total. The Morgan fingerprint density at radius 1 is 1.41 bits per heavy atom. The molecule has 0 spiro atoms. The summed E-state index contributed by atoms with van der Waals surface area (Å²) in [7, 11) is 0. The lowest BCUT2D eigenvalue weighted by Crippen LogP contribution is -2.32. The molecule has 1 aliphatic rings. The first-order chi connectivity index (χ1) is 8.06. The van der Waals surface area contributed by atoms with E-state index in [0.717, 1.165) is 0 Å². The van der Waals surface area contributed by atoms with E-state index in [2.05, 4.69) is 27.1 Å². The van der Waals surface area contributed by atoms with Crippen molar-refractivity contribution in [2.75, 3.05) is 0 Å². The van der Waals surface area contributed by atoms with E-state index >= 15 is 0 Å². The van der Waals surface area contributed by atoms with Crippen LogP contribution in [0.25, 0.3) is 0 Å². The van der Waals surface area contributed by atoms with Gasteiger partial charge in [-0.3, -0.25) is 10.1 Å². The molecule has 0 aliphatic carbocycles. The van der Waals surface area contributed by atoms with Crippen LogP contribution in [-0.2, 0) is 4.79 Å². The summed E-state index contributed by atoms with van der Waals surface area (Å²) in [5.74, 6) is -0.587. The summed E-state index contributed by atoms with van der Waals surface area (Å²) in [5.41, 5.74) is 0.193. The Morgan fingerprint density at radius 3 is 2.88 bits per heavy atom. The van der Waals surface area contributed by atoms with Crippen LogP contribution in [0.3, 0.4) is 0 Å². The molecule has 1 amide bonds. The number of benzene rings is 1. The smallest absolute Gasteiger partial charge is 0.277 e. The minimum absolute atomic E-state index is 0.000680. The number of rotatable bonds is 1. The number of amides is 1. The second-order valence-electron chi connectivity index (χ2n) is 3.17. The first kappa shape index (κ1) is 11.3. The molecule has 0 bridgehead atoms. The maximum atomic E-state index is 11.2. The molecule has 2 rings (SSSR count). The Morgan fingerprint density at radius 2 is 2.18 bits per heavy atom. The van der Waals surface area contributed by atoms with Gasteiger partial charge in [0.1, 0.15) is 17.1 Å². The molecular formula is C10H7ClN4O2. The van der Waals surface area contributed by atoms with Gasteiger partial charge in [0.2, 0.25) is 5.96 Å². The zero-order valence-corrected chi connectivity index (χ0v) is 9.27. The number of carbonyl (C=O) groups is 1. The molecule has 0 saturated heterocycles. The molecular weight excluding hydrogens is 244 g/mol. The van der Waals surface area contributed by atoms with E-state index in [1.807, 2.05) is 0 Å². The molecule has 0 aromatic heterocycles. The summed E-state index contributed by atoms with van der Waals surface area (Å²) in [6.07, 6.45) is 0. The van der Waals surface area contributed by atoms with E-state index in [1.165, 1.54) is 18.2 Å². The minimum Gasteiger partial charge on any atom is -0.506 e. The van der Waals surface area contributed by atoms with Crippen molar-refractivity contribution in [2.24, 2.45) is 15.2 Å². The molecule has 0 saturated carbocycles. The molecule has 1 heterocycles. The topological polar surface area (TPSA) is 86.4 Å². The van der Waals surface area contributed by atoms with Crippen molar-refractivity contribution in [2.45, 2.75) is 0 Å². The molecule has 86 valence electrons. The highest BCUT2D eigenvalue weighted by Gasteiger charge is 2.15. The fourth-order valence-corrected chi connectivity index (χ4v) is 1.27. The number of nitrogens with one attached hydrogen (secondary N) is 1. The molecule has 2 N–H and O–H groups in total. The number of carbonyl (C=O) groups excluding carboxylic acids is 1. The summed E-state index contributed by atoms with van der Waals surface area (Å²) in [6, 6.07) is 4.35. The van der Waals surface area contributed by atoms with Crippen LogP contribution in [0, 0.1) is 0 Å². The van der Waals surface area contributed by atoms with Crippen molar-refractivity contribution in [3.05, 3.63) is 35.5 Å². The van der Waals surface area contributed by atoms with Crippen molar-refractivity contribution < 1.29 is 9.90 Å². The summed E-state index contributed by atoms with van der Waals surface area (Å²) >= 11 is 5.75. The van der Waals surface area contributed by atoms with Gasteiger partial charge in [0, 0.05) is 5.02 Å². The van der Waals surface area contributed by atoms with Crippen molar-refractivity contribution in [3.63, 3.8) is 0 Å². The zero-order valence-electron chi connectivity index (χ0n) is 8.51. The van der Waals surface area contributed by atoms with E-state index in [-0.39, 0.29) is 23.1 Å².